The van der Waals surface area contributed by atoms with Gasteiger partial charge in [0.1, 0.15) is 5.75 Å². The second kappa shape index (κ2) is 14.4. The smallest absolute Gasteiger partial charge is 0.312 e. The fraction of sp³-hybridized carbons (Fsp3) is 0.438. The lowest BCUT2D eigenvalue weighted by Gasteiger charge is -2.34. The zero-order chi connectivity index (χ0) is 27.4. The van der Waals surface area contributed by atoms with Gasteiger partial charge in [0.05, 0.1) is 11.1 Å². The summed E-state index contributed by atoms with van der Waals surface area (Å²) >= 11 is 0. The molecule has 196 valence electrons. The Labute approximate surface area is 218 Å². The Balaban J connectivity index is 0.00000154. The maximum absolute atomic E-state index is 13.4. The summed E-state index contributed by atoms with van der Waals surface area (Å²) in [5.74, 6) is 0.00645. The van der Waals surface area contributed by atoms with Crippen LogP contribution < -0.4 is 0 Å². The Morgan fingerprint density at radius 3 is 2.17 bits per heavy atom. The number of hydrogen-bond acceptors (Lipinski definition) is 4. The molecule has 1 N–H and O–H groups in total. The van der Waals surface area contributed by atoms with E-state index in [0.29, 0.717) is 12.1 Å². The van der Waals surface area contributed by atoms with Crippen molar-refractivity contribution in [3.05, 3.63) is 95.3 Å². The number of carbonyl (C=O) groups excluding carboxylic acids is 1. The van der Waals surface area contributed by atoms with Gasteiger partial charge in [0.25, 0.3) is 0 Å². The summed E-state index contributed by atoms with van der Waals surface area (Å²) in [6, 6.07) is 20.9. The number of rotatable bonds is 8. The van der Waals surface area contributed by atoms with Gasteiger partial charge in [-0.25, -0.2) is 0 Å². The van der Waals surface area contributed by atoms with E-state index in [9.17, 15) is 9.90 Å². The molecule has 1 heterocycles. The average Bonchev–Trinajstić information content (AvgIpc) is 2.84. The number of phenols is 1. The highest BCUT2D eigenvalue weighted by atomic mass is 16.5. The minimum Gasteiger partial charge on any atom is -0.508 e. The van der Waals surface area contributed by atoms with Gasteiger partial charge >= 0.3 is 5.97 Å². The molecule has 0 saturated carbocycles. The second-order valence-corrected chi connectivity index (χ2v) is 10.0. The minimum absolute atomic E-state index is 0.167. The molecular weight excluding hydrogens is 446 g/mol. The van der Waals surface area contributed by atoms with Crippen molar-refractivity contribution >= 4 is 5.97 Å². The molecule has 36 heavy (non-hydrogen) atoms. The maximum atomic E-state index is 13.4. The summed E-state index contributed by atoms with van der Waals surface area (Å²) in [4.78, 5) is 17.9. The van der Waals surface area contributed by atoms with Crippen LogP contribution in [0.25, 0.3) is 0 Å². The van der Waals surface area contributed by atoms with Crippen molar-refractivity contribution in [3.8, 4) is 5.75 Å². The van der Waals surface area contributed by atoms with Gasteiger partial charge in [-0.3, -0.25) is 9.78 Å². The first-order chi connectivity index (χ1) is 17.1. The summed E-state index contributed by atoms with van der Waals surface area (Å²) in [6.07, 6.45) is 2.55. The molecule has 0 fully saturated rings. The van der Waals surface area contributed by atoms with Crippen LogP contribution in [0.1, 0.15) is 90.3 Å². The molecule has 4 heteroatoms. The number of esters is 1. The second-order valence-electron chi connectivity index (χ2n) is 10.0. The molecule has 0 aliphatic rings. The quantitative estimate of drug-likeness (QED) is 0.321. The molecule has 0 radical (unpaired) electrons. The van der Waals surface area contributed by atoms with E-state index in [0.717, 1.165) is 23.1 Å². The van der Waals surface area contributed by atoms with Crippen LogP contribution in [-0.2, 0) is 16.0 Å². The lowest BCUT2D eigenvalue weighted by molar-refractivity contribution is -0.160. The Kier molecular flexibility index (Phi) is 12.4. The van der Waals surface area contributed by atoms with Crippen LogP contribution >= 0.6 is 0 Å². The number of carbonyl (C=O) groups is 1. The molecule has 3 rings (SSSR count). The number of hydrogen-bond donors (Lipinski definition) is 1. The first-order valence-corrected chi connectivity index (χ1v) is 13.0. The first kappa shape index (κ1) is 30.9. The summed E-state index contributed by atoms with van der Waals surface area (Å²) < 4.78 is 6.12. The highest BCUT2D eigenvalue weighted by Crippen LogP contribution is 2.39. The van der Waals surface area contributed by atoms with Crippen molar-refractivity contribution in [3.63, 3.8) is 0 Å². The lowest BCUT2D eigenvalue weighted by atomic mass is 9.72. The Morgan fingerprint density at radius 1 is 0.917 bits per heavy atom. The van der Waals surface area contributed by atoms with E-state index < -0.39 is 11.5 Å². The standard InChI is InChI=1S/C28H33NO3.2C2H6/c1-20-10-8-12-22(16-20)25(24-14-6-7-15-29-24)32-26(31)28(4,5)19-27(2,3)18-21-11-9-13-23(30)17-21;2*1-2/h6-17,25,30H,18-19H2,1-5H3;2*1-2H3. The van der Waals surface area contributed by atoms with Crippen molar-refractivity contribution in [2.75, 3.05) is 0 Å². The molecule has 2 aromatic carbocycles. The maximum Gasteiger partial charge on any atom is 0.312 e. The first-order valence-electron chi connectivity index (χ1n) is 13.0. The molecule has 0 amide bonds. The molecule has 0 aliphatic heterocycles. The van der Waals surface area contributed by atoms with Crippen LogP contribution in [-0.4, -0.2) is 16.1 Å². The predicted molar refractivity (Wildman–Crippen MR) is 150 cm³/mol. The highest BCUT2D eigenvalue weighted by Gasteiger charge is 2.38. The molecule has 0 spiro atoms. The summed E-state index contributed by atoms with van der Waals surface area (Å²) in [6.45, 7) is 18.2. The van der Waals surface area contributed by atoms with Crippen LogP contribution in [0.2, 0.25) is 0 Å². The SMILES string of the molecule is CC.CC.Cc1cccc(C(OC(=O)C(C)(C)CC(C)(C)Cc2cccc(O)c2)c2ccccn2)c1. The van der Waals surface area contributed by atoms with E-state index in [4.69, 9.17) is 4.74 Å². The van der Waals surface area contributed by atoms with Gasteiger partial charge in [-0.2, -0.15) is 0 Å². The molecule has 1 aromatic heterocycles. The number of aromatic hydroxyl groups is 1. The summed E-state index contributed by atoms with van der Waals surface area (Å²) in [5.41, 5.74) is 2.90. The zero-order valence-corrected chi connectivity index (χ0v) is 23.6. The molecule has 3 aromatic rings. The van der Waals surface area contributed by atoms with E-state index in [1.807, 2.05) is 103 Å². The number of ether oxygens (including phenoxy) is 1. The van der Waals surface area contributed by atoms with Gasteiger partial charge < -0.3 is 9.84 Å². The summed E-state index contributed by atoms with van der Waals surface area (Å²) in [7, 11) is 0. The Bertz CT molecular complexity index is 1060. The average molecular weight is 492 g/mol. The number of benzene rings is 2. The van der Waals surface area contributed by atoms with Crippen LogP contribution in [0.15, 0.2) is 72.9 Å². The van der Waals surface area contributed by atoms with Crippen LogP contribution in [0.3, 0.4) is 0 Å². The van der Waals surface area contributed by atoms with Gasteiger partial charge in [-0.05, 0) is 74.4 Å². The molecule has 4 nitrogen and oxygen atoms in total. The number of aromatic nitrogens is 1. The molecular formula is C32H45NO3. The predicted octanol–water partition coefficient (Wildman–Crippen LogP) is 8.47. The van der Waals surface area contributed by atoms with Gasteiger partial charge in [-0.1, -0.05) is 89.6 Å². The van der Waals surface area contributed by atoms with E-state index >= 15 is 0 Å². The van der Waals surface area contributed by atoms with E-state index in [1.54, 1.807) is 18.3 Å². The monoisotopic (exact) mass is 491 g/mol. The van der Waals surface area contributed by atoms with Gasteiger partial charge in [-0.15, -0.1) is 0 Å². The van der Waals surface area contributed by atoms with Crippen molar-refractivity contribution in [2.45, 2.75) is 81.3 Å². The van der Waals surface area contributed by atoms with E-state index in [-0.39, 0.29) is 17.1 Å². The van der Waals surface area contributed by atoms with Crippen molar-refractivity contribution in [1.82, 2.24) is 4.98 Å². The number of phenolic OH excluding ortho intramolecular Hbond substituents is 1. The topological polar surface area (TPSA) is 59.4 Å². The third kappa shape index (κ3) is 9.49. The normalized spacial score (nSPS) is 11.8. The molecule has 1 atom stereocenters. The Hall–Kier alpha value is -3.14. The molecule has 0 aliphatic carbocycles. The Morgan fingerprint density at radius 2 is 1.58 bits per heavy atom. The lowest BCUT2D eigenvalue weighted by Crippen LogP contribution is -2.34. The van der Waals surface area contributed by atoms with Crippen molar-refractivity contribution < 1.29 is 14.6 Å². The fourth-order valence-electron chi connectivity index (χ4n) is 4.48. The highest BCUT2D eigenvalue weighted by molar-refractivity contribution is 5.76. The summed E-state index contributed by atoms with van der Waals surface area (Å²) in [5, 5.41) is 9.79. The van der Waals surface area contributed by atoms with Gasteiger partial charge in [0.2, 0.25) is 0 Å². The van der Waals surface area contributed by atoms with Crippen molar-refractivity contribution in [1.29, 1.82) is 0 Å². The van der Waals surface area contributed by atoms with Crippen molar-refractivity contribution in [2.24, 2.45) is 10.8 Å². The fourth-order valence-corrected chi connectivity index (χ4v) is 4.48. The van der Waals surface area contributed by atoms with E-state index in [2.05, 4.69) is 18.8 Å². The number of nitrogens with zero attached hydrogens (tertiary/aromatic N) is 1. The van der Waals surface area contributed by atoms with Gasteiger partial charge in [0, 0.05) is 6.20 Å². The van der Waals surface area contributed by atoms with Crippen LogP contribution in [0.4, 0.5) is 0 Å². The third-order valence-corrected chi connectivity index (χ3v) is 5.59. The number of aryl methyl sites for hydroxylation is 1. The largest absolute Gasteiger partial charge is 0.508 e. The van der Waals surface area contributed by atoms with Gasteiger partial charge in [0.15, 0.2) is 6.10 Å². The van der Waals surface area contributed by atoms with E-state index in [1.165, 1.54) is 0 Å². The molecule has 1 unspecified atom stereocenters. The molecule has 0 saturated heterocycles. The zero-order valence-electron chi connectivity index (χ0n) is 23.6. The van der Waals surface area contributed by atoms with Crippen LogP contribution in [0, 0.1) is 17.8 Å². The number of pyridine rings is 1. The van der Waals surface area contributed by atoms with Crippen LogP contribution in [0.5, 0.6) is 5.75 Å². The minimum atomic E-state index is -0.697. The molecule has 0 bridgehead atoms. The third-order valence-electron chi connectivity index (χ3n) is 5.59.